The van der Waals surface area contributed by atoms with Gasteiger partial charge in [-0.15, -0.1) is 0 Å². The Kier molecular flexibility index (Phi) is 6.01. The topological polar surface area (TPSA) is 89.4 Å². The predicted molar refractivity (Wildman–Crippen MR) is 88.9 cm³/mol. The minimum Gasteiger partial charge on any atom is -0.504 e. The summed E-state index contributed by atoms with van der Waals surface area (Å²) >= 11 is 0. The standard InChI is InChI=1S/C17H18N2O5/c1-22-14-5-3-4-6-15(14)24-11-17(21)19-18-10-12-7-8-13(20)16(9-12)23-2/h3-10,20H,11H2,1-2H3,(H,19,21)/b18-10-. The van der Waals surface area contributed by atoms with E-state index >= 15 is 0 Å². The zero-order chi connectivity index (χ0) is 17.4. The molecular formula is C17H18N2O5. The van der Waals surface area contributed by atoms with Gasteiger partial charge in [0.2, 0.25) is 0 Å². The Hall–Kier alpha value is -3.22. The highest BCUT2D eigenvalue weighted by Crippen LogP contribution is 2.26. The lowest BCUT2D eigenvalue weighted by atomic mass is 10.2. The van der Waals surface area contributed by atoms with Crippen LogP contribution in [0.2, 0.25) is 0 Å². The molecule has 0 fully saturated rings. The van der Waals surface area contributed by atoms with Crippen molar-refractivity contribution in [2.24, 2.45) is 5.10 Å². The van der Waals surface area contributed by atoms with Crippen molar-refractivity contribution in [2.75, 3.05) is 20.8 Å². The van der Waals surface area contributed by atoms with E-state index in [2.05, 4.69) is 10.5 Å². The molecule has 0 saturated heterocycles. The number of phenolic OH excluding ortho intramolecular Hbond substituents is 1. The number of ether oxygens (including phenoxy) is 3. The number of carbonyl (C=O) groups is 1. The molecule has 0 radical (unpaired) electrons. The number of phenols is 1. The number of para-hydroxylation sites is 2. The summed E-state index contributed by atoms with van der Waals surface area (Å²) in [7, 11) is 2.98. The molecule has 0 bridgehead atoms. The summed E-state index contributed by atoms with van der Waals surface area (Å²) < 4.78 is 15.5. The van der Waals surface area contributed by atoms with Gasteiger partial charge in [-0.05, 0) is 35.9 Å². The molecule has 2 rings (SSSR count). The van der Waals surface area contributed by atoms with Gasteiger partial charge in [0.05, 0.1) is 20.4 Å². The highest BCUT2D eigenvalue weighted by Gasteiger charge is 2.06. The Labute approximate surface area is 139 Å². The van der Waals surface area contributed by atoms with Crippen LogP contribution >= 0.6 is 0 Å². The van der Waals surface area contributed by atoms with Crippen molar-refractivity contribution < 1.29 is 24.1 Å². The van der Waals surface area contributed by atoms with E-state index in [0.29, 0.717) is 22.8 Å². The van der Waals surface area contributed by atoms with E-state index in [9.17, 15) is 9.90 Å². The molecule has 2 aromatic carbocycles. The smallest absolute Gasteiger partial charge is 0.277 e. The number of aromatic hydroxyl groups is 1. The summed E-state index contributed by atoms with van der Waals surface area (Å²) in [5.74, 6) is 0.962. The van der Waals surface area contributed by atoms with E-state index in [-0.39, 0.29) is 12.4 Å². The first-order valence-corrected chi connectivity index (χ1v) is 7.08. The third-order valence-electron chi connectivity index (χ3n) is 3.03. The van der Waals surface area contributed by atoms with Gasteiger partial charge >= 0.3 is 0 Å². The highest BCUT2D eigenvalue weighted by molar-refractivity contribution is 5.83. The largest absolute Gasteiger partial charge is 0.504 e. The van der Waals surface area contributed by atoms with Gasteiger partial charge in [-0.25, -0.2) is 5.43 Å². The molecule has 2 N–H and O–H groups in total. The molecule has 0 spiro atoms. The van der Waals surface area contributed by atoms with Crippen molar-refractivity contribution in [2.45, 2.75) is 0 Å². The number of hydrogen-bond acceptors (Lipinski definition) is 6. The molecule has 1 amide bonds. The summed E-state index contributed by atoms with van der Waals surface area (Å²) in [4.78, 5) is 11.7. The summed E-state index contributed by atoms with van der Waals surface area (Å²) in [6.07, 6.45) is 1.43. The maximum absolute atomic E-state index is 11.7. The SMILES string of the molecule is COc1cc(/C=N\NC(=O)COc2ccccc2OC)ccc1O. The van der Waals surface area contributed by atoms with Gasteiger partial charge in [0.15, 0.2) is 29.6 Å². The number of benzene rings is 2. The van der Waals surface area contributed by atoms with Crippen LogP contribution in [-0.4, -0.2) is 38.1 Å². The van der Waals surface area contributed by atoms with Gasteiger partial charge in [0, 0.05) is 0 Å². The molecule has 0 unspecified atom stereocenters. The fourth-order valence-corrected chi connectivity index (χ4v) is 1.87. The Morgan fingerprint density at radius 1 is 1.12 bits per heavy atom. The second-order valence-electron chi connectivity index (χ2n) is 4.66. The van der Waals surface area contributed by atoms with Crippen molar-refractivity contribution in [3.8, 4) is 23.0 Å². The highest BCUT2D eigenvalue weighted by atomic mass is 16.5. The van der Waals surface area contributed by atoms with Crippen molar-refractivity contribution in [1.29, 1.82) is 0 Å². The first-order chi connectivity index (χ1) is 11.6. The molecule has 24 heavy (non-hydrogen) atoms. The Bertz CT molecular complexity index is 731. The fraction of sp³-hybridized carbons (Fsp3) is 0.176. The maximum Gasteiger partial charge on any atom is 0.277 e. The summed E-state index contributed by atoms with van der Waals surface area (Å²) in [6, 6.07) is 11.7. The van der Waals surface area contributed by atoms with Crippen LogP contribution in [0.1, 0.15) is 5.56 Å². The number of hydrazone groups is 1. The monoisotopic (exact) mass is 330 g/mol. The fourth-order valence-electron chi connectivity index (χ4n) is 1.87. The van der Waals surface area contributed by atoms with Gasteiger partial charge in [-0.1, -0.05) is 12.1 Å². The summed E-state index contributed by atoms with van der Waals surface area (Å²) in [5.41, 5.74) is 3.01. The minimum atomic E-state index is -0.414. The van der Waals surface area contributed by atoms with Crippen molar-refractivity contribution >= 4 is 12.1 Å². The maximum atomic E-state index is 11.7. The molecule has 0 aliphatic heterocycles. The average Bonchev–Trinajstić information content (AvgIpc) is 2.61. The molecule has 7 heteroatoms. The van der Waals surface area contributed by atoms with Crippen molar-refractivity contribution in [1.82, 2.24) is 5.43 Å². The number of hydrogen-bond donors (Lipinski definition) is 2. The number of carbonyl (C=O) groups excluding carboxylic acids is 1. The van der Waals surface area contributed by atoms with Crippen LogP contribution in [0.4, 0.5) is 0 Å². The molecule has 0 aliphatic carbocycles. The van der Waals surface area contributed by atoms with Crippen LogP contribution in [0.15, 0.2) is 47.6 Å². The van der Waals surface area contributed by atoms with Crippen LogP contribution in [0, 0.1) is 0 Å². The van der Waals surface area contributed by atoms with E-state index in [1.54, 1.807) is 30.3 Å². The van der Waals surface area contributed by atoms with Crippen molar-refractivity contribution in [3.05, 3.63) is 48.0 Å². The normalized spacial score (nSPS) is 10.4. The summed E-state index contributed by atoms with van der Waals surface area (Å²) in [5, 5.41) is 13.3. The van der Waals surface area contributed by atoms with E-state index in [1.165, 1.54) is 26.5 Å². The quantitative estimate of drug-likeness (QED) is 0.598. The second-order valence-corrected chi connectivity index (χ2v) is 4.66. The number of methoxy groups -OCH3 is 2. The third kappa shape index (κ3) is 4.64. The molecule has 0 saturated carbocycles. The van der Waals surface area contributed by atoms with Crippen molar-refractivity contribution in [3.63, 3.8) is 0 Å². The number of nitrogens with one attached hydrogen (secondary N) is 1. The van der Waals surface area contributed by atoms with Gasteiger partial charge in [0.25, 0.3) is 5.91 Å². The zero-order valence-corrected chi connectivity index (χ0v) is 13.4. The average molecular weight is 330 g/mol. The van der Waals surface area contributed by atoms with E-state index < -0.39 is 5.91 Å². The molecule has 0 aliphatic rings. The molecule has 2 aromatic rings. The Balaban J connectivity index is 1.87. The number of amides is 1. The number of rotatable bonds is 7. The summed E-state index contributed by atoms with van der Waals surface area (Å²) in [6.45, 7) is -0.198. The molecule has 0 aromatic heterocycles. The third-order valence-corrected chi connectivity index (χ3v) is 3.03. The van der Waals surface area contributed by atoms with E-state index in [0.717, 1.165) is 0 Å². The number of nitrogens with zero attached hydrogens (tertiary/aromatic N) is 1. The molecular weight excluding hydrogens is 312 g/mol. The zero-order valence-electron chi connectivity index (χ0n) is 13.4. The lowest BCUT2D eigenvalue weighted by molar-refractivity contribution is -0.123. The van der Waals surface area contributed by atoms with Crippen LogP contribution in [0.3, 0.4) is 0 Å². The van der Waals surface area contributed by atoms with Crippen LogP contribution in [0.5, 0.6) is 23.0 Å². The van der Waals surface area contributed by atoms with E-state index in [1.807, 2.05) is 6.07 Å². The van der Waals surface area contributed by atoms with Gasteiger partial charge in [0.1, 0.15) is 0 Å². The molecule has 0 heterocycles. The lowest BCUT2D eigenvalue weighted by Gasteiger charge is -2.09. The second kappa shape index (κ2) is 8.42. The van der Waals surface area contributed by atoms with Crippen LogP contribution in [-0.2, 0) is 4.79 Å². The first kappa shape index (κ1) is 17.1. The lowest BCUT2D eigenvalue weighted by Crippen LogP contribution is -2.24. The Morgan fingerprint density at radius 3 is 2.54 bits per heavy atom. The predicted octanol–water partition coefficient (Wildman–Crippen LogP) is 1.94. The molecule has 0 atom stereocenters. The van der Waals surface area contributed by atoms with Gasteiger partial charge in [-0.3, -0.25) is 4.79 Å². The Morgan fingerprint density at radius 2 is 1.83 bits per heavy atom. The molecule has 7 nitrogen and oxygen atoms in total. The van der Waals surface area contributed by atoms with Crippen LogP contribution in [0.25, 0.3) is 0 Å². The van der Waals surface area contributed by atoms with Gasteiger partial charge < -0.3 is 19.3 Å². The first-order valence-electron chi connectivity index (χ1n) is 7.08. The van der Waals surface area contributed by atoms with Gasteiger partial charge in [-0.2, -0.15) is 5.10 Å². The minimum absolute atomic E-state index is 0.0314. The molecule has 126 valence electrons. The van der Waals surface area contributed by atoms with Crippen LogP contribution < -0.4 is 19.6 Å². The van der Waals surface area contributed by atoms with E-state index in [4.69, 9.17) is 14.2 Å².